The van der Waals surface area contributed by atoms with Crippen LogP contribution < -0.4 is 10.6 Å². The van der Waals surface area contributed by atoms with Crippen LogP contribution in [0.15, 0.2) is 4.99 Å². The predicted octanol–water partition coefficient (Wildman–Crippen LogP) is 1.06. The first-order valence-corrected chi connectivity index (χ1v) is 7.38. The van der Waals surface area contributed by atoms with Gasteiger partial charge in [-0.2, -0.15) is 0 Å². The third-order valence-corrected chi connectivity index (χ3v) is 3.46. The average molecular weight is 412 g/mol. The summed E-state index contributed by atoms with van der Waals surface area (Å²) in [6, 6.07) is 0. The Hall–Kier alpha value is -0.570. The van der Waals surface area contributed by atoms with E-state index in [1.807, 2.05) is 4.90 Å². The Morgan fingerprint density at radius 3 is 2.71 bits per heavy atom. The van der Waals surface area contributed by atoms with E-state index in [-0.39, 0.29) is 29.9 Å². The number of likely N-dealkylation sites (tertiary alicyclic amines) is 1. The zero-order valence-corrected chi connectivity index (χ0v) is 15.7. The molecule has 1 heterocycles. The Balaban J connectivity index is 0.00000400. The van der Waals surface area contributed by atoms with Crippen molar-refractivity contribution in [3.63, 3.8) is 0 Å². The normalized spacial score (nSPS) is 18.9. The number of hydrogen-bond donors (Lipinski definition) is 2. The first kappa shape index (κ1) is 20.4. The van der Waals surface area contributed by atoms with Crippen molar-refractivity contribution in [3.05, 3.63) is 0 Å². The number of piperidine rings is 1. The van der Waals surface area contributed by atoms with Gasteiger partial charge >= 0.3 is 0 Å². The van der Waals surface area contributed by atoms with Gasteiger partial charge in [-0.05, 0) is 18.8 Å². The fraction of sp³-hybridized carbons (Fsp3) is 0.857. The molecule has 1 fully saturated rings. The van der Waals surface area contributed by atoms with Gasteiger partial charge in [-0.15, -0.1) is 24.0 Å². The number of nitrogens with zero attached hydrogens (tertiary/aromatic N) is 2. The van der Waals surface area contributed by atoms with E-state index in [2.05, 4.69) is 22.5 Å². The van der Waals surface area contributed by atoms with Gasteiger partial charge in [-0.3, -0.25) is 9.79 Å². The van der Waals surface area contributed by atoms with Crippen molar-refractivity contribution < 1.29 is 9.53 Å². The number of rotatable bonds is 6. The van der Waals surface area contributed by atoms with Crippen molar-refractivity contribution in [2.45, 2.75) is 26.2 Å². The number of ether oxygens (including phenoxy) is 1. The monoisotopic (exact) mass is 412 g/mol. The highest BCUT2D eigenvalue weighted by Crippen LogP contribution is 2.15. The zero-order valence-electron chi connectivity index (χ0n) is 13.4. The van der Waals surface area contributed by atoms with Crippen molar-refractivity contribution in [1.82, 2.24) is 15.5 Å². The van der Waals surface area contributed by atoms with Crippen LogP contribution in [0.5, 0.6) is 0 Å². The minimum Gasteiger partial charge on any atom is -0.383 e. The van der Waals surface area contributed by atoms with E-state index in [0.717, 1.165) is 19.5 Å². The fourth-order valence-electron chi connectivity index (χ4n) is 2.35. The van der Waals surface area contributed by atoms with Crippen molar-refractivity contribution >= 4 is 35.8 Å². The summed E-state index contributed by atoms with van der Waals surface area (Å²) >= 11 is 0. The van der Waals surface area contributed by atoms with Gasteiger partial charge in [0.25, 0.3) is 0 Å². The van der Waals surface area contributed by atoms with Gasteiger partial charge in [0.2, 0.25) is 5.91 Å². The molecule has 7 heteroatoms. The van der Waals surface area contributed by atoms with Gasteiger partial charge in [0, 0.05) is 46.8 Å². The molecule has 21 heavy (non-hydrogen) atoms. The molecule has 2 N–H and O–H groups in total. The van der Waals surface area contributed by atoms with Crippen molar-refractivity contribution in [2.75, 3.05) is 46.9 Å². The first-order chi connectivity index (χ1) is 9.67. The first-order valence-electron chi connectivity index (χ1n) is 7.38. The van der Waals surface area contributed by atoms with Gasteiger partial charge in [0.1, 0.15) is 0 Å². The molecule has 0 bridgehead atoms. The Morgan fingerprint density at radius 1 is 1.38 bits per heavy atom. The topological polar surface area (TPSA) is 66.0 Å². The third-order valence-electron chi connectivity index (χ3n) is 3.46. The smallest absolute Gasteiger partial charge is 0.224 e. The number of hydrogen-bond acceptors (Lipinski definition) is 3. The van der Waals surface area contributed by atoms with Crippen LogP contribution in [0.25, 0.3) is 0 Å². The molecule has 0 aromatic carbocycles. The molecular formula is C14H29IN4O2. The molecular weight excluding hydrogens is 383 g/mol. The van der Waals surface area contributed by atoms with E-state index in [0.29, 0.717) is 38.0 Å². The molecule has 124 valence electrons. The van der Waals surface area contributed by atoms with E-state index in [4.69, 9.17) is 4.74 Å². The quantitative estimate of drug-likeness (QED) is 0.297. The summed E-state index contributed by atoms with van der Waals surface area (Å²) in [5.41, 5.74) is 0. The number of carbonyl (C=O) groups is 1. The summed E-state index contributed by atoms with van der Waals surface area (Å²) in [4.78, 5) is 18.2. The molecule has 1 rings (SSSR count). The maximum atomic E-state index is 12.1. The van der Waals surface area contributed by atoms with Crippen LogP contribution in [-0.4, -0.2) is 63.7 Å². The van der Waals surface area contributed by atoms with E-state index >= 15 is 0 Å². The second kappa shape index (κ2) is 12.0. The minimum absolute atomic E-state index is 0. The van der Waals surface area contributed by atoms with Crippen molar-refractivity contribution in [3.8, 4) is 0 Å². The molecule has 0 saturated carbocycles. The second-order valence-corrected chi connectivity index (χ2v) is 5.26. The lowest BCUT2D eigenvalue weighted by atomic mass is 10.00. The van der Waals surface area contributed by atoms with Gasteiger partial charge in [-0.1, -0.05) is 6.92 Å². The van der Waals surface area contributed by atoms with E-state index in [9.17, 15) is 4.79 Å². The summed E-state index contributed by atoms with van der Waals surface area (Å²) < 4.78 is 4.96. The lowest BCUT2D eigenvalue weighted by molar-refractivity contribution is -0.132. The largest absolute Gasteiger partial charge is 0.383 e. The van der Waals surface area contributed by atoms with Crippen molar-refractivity contribution in [2.24, 2.45) is 10.9 Å². The van der Waals surface area contributed by atoms with Crippen LogP contribution in [0.3, 0.4) is 0 Å². The summed E-state index contributed by atoms with van der Waals surface area (Å²) in [6.45, 7) is 5.96. The molecule has 1 amide bonds. The SMILES string of the molecule is CN=C(NCCOC)NCCC(=O)N1CCCC(C)C1.I. The number of methoxy groups -OCH3 is 1. The number of carbonyl (C=O) groups excluding carboxylic acids is 1. The van der Waals surface area contributed by atoms with Crippen LogP contribution >= 0.6 is 24.0 Å². The molecule has 6 nitrogen and oxygen atoms in total. The van der Waals surface area contributed by atoms with E-state index < -0.39 is 0 Å². The molecule has 0 spiro atoms. The van der Waals surface area contributed by atoms with Gasteiger partial charge in [0.15, 0.2) is 5.96 Å². The summed E-state index contributed by atoms with van der Waals surface area (Å²) in [6.07, 6.45) is 2.87. The molecule has 1 saturated heterocycles. The summed E-state index contributed by atoms with van der Waals surface area (Å²) in [7, 11) is 3.38. The Bertz CT molecular complexity index is 326. The molecule has 1 atom stereocenters. The highest BCUT2D eigenvalue weighted by Gasteiger charge is 2.20. The maximum absolute atomic E-state index is 12.1. The predicted molar refractivity (Wildman–Crippen MR) is 96.3 cm³/mol. The Morgan fingerprint density at radius 2 is 2.10 bits per heavy atom. The minimum atomic E-state index is 0. The Labute approximate surface area is 145 Å². The fourth-order valence-corrected chi connectivity index (χ4v) is 2.35. The second-order valence-electron chi connectivity index (χ2n) is 5.26. The van der Waals surface area contributed by atoms with Crippen LogP contribution in [0.1, 0.15) is 26.2 Å². The van der Waals surface area contributed by atoms with E-state index in [1.54, 1.807) is 14.2 Å². The van der Waals surface area contributed by atoms with E-state index in [1.165, 1.54) is 6.42 Å². The van der Waals surface area contributed by atoms with Crippen molar-refractivity contribution in [1.29, 1.82) is 0 Å². The lowest BCUT2D eigenvalue weighted by Gasteiger charge is -2.31. The molecule has 1 unspecified atom stereocenters. The molecule has 0 aliphatic carbocycles. The number of nitrogens with one attached hydrogen (secondary N) is 2. The van der Waals surface area contributed by atoms with Gasteiger partial charge in [-0.25, -0.2) is 0 Å². The molecule has 1 aliphatic heterocycles. The standard InChI is InChI=1S/C14H28N4O2.HI/c1-12-5-4-9-18(11-12)13(19)6-7-16-14(15-2)17-8-10-20-3;/h12H,4-11H2,1-3H3,(H2,15,16,17);1H. The lowest BCUT2D eigenvalue weighted by Crippen LogP contribution is -2.43. The highest BCUT2D eigenvalue weighted by atomic mass is 127. The summed E-state index contributed by atoms with van der Waals surface area (Å²) in [5.74, 6) is 1.57. The molecule has 0 aromatic heterocycles. The highest BCUT2D eigenvalue weighted by molar-refractivity contribution is 14.0. The molecule has 0 aromatic rings. The van der Waals surface area contributed by atoms with Crippen LogP contribution in [0.2, 0.25) is 0 Å². The molecule has 0 radical (unpaired) electrons. The third kappa shape index (κ3) is 8.45. The Kier molecular flexibility index (Phi) is 11.7. The van der Waals surface area contributed by atoms with Crippen LogP contribution in [0, 0.1) is 5.92 Å². The number of halogens is 1. The van der Waals surface area contributed by atoms with Crippen LogP contribution in [-0.2, 0) is 9.53 Å². The maximum Gasteiger partial charge on any atom is 0.224 e. The average Bonchev–Trinajstić information content (AvgIpc) is 2.45. The zero-order chi connectivity index (χ0) is 14.8. The van der Waals surface area contributed by atoms with Gasteiger partial charge in [0.05, 0.1) is 6.61 Å². The number of guanidine groups is 1. The number of amides is 1. The van der Waals surface area contributed by atoms with Gasteiger partial charge < -0.3 is 20.3 Å². The number of aliphatic imine (C=N–C) groups is 1. The summed E-state index contributed by atoms with van der Waals surface area (Å²) in [5, 5.41) is 6.27. The van der Waals surface area contributed by atoms with Crippen LogP contribution in [0.4, 0.5) is 0 Å². The molecule has 1 aliphatic rings.